The number of fused-ring (bicyclic) bond motifs is 2. The van der Waals surface area contributed by atoms with Gasteiger partial charge in [-0.2, -0.15) is 13.2 Å². The topological polar surface area (TPSA) is 127 Å². The van der Waals surface area contributed by atoms with Gasteiger partial charge in [-0.15, -0.1) is 0 Å². The van der Waals surface area contributed by atoms with Crippen LogP contribution in [0.3, 0.4) is 0 Å². The Balaban J connectivity index is 1.44. The van der Waals surface area contributed by atoms with E-state index in [0.29, 0.717) is 32.7 Å². The maximum atomic E-state index is 14.1. The van der Waals surface area contributed by atoms with Gasteiger partial charge < -0.3 is 19.9 Å². The Morgan fingerprint density at radius 3 is 2.35 bits per heavy atom. The minimum atomic E-state index is -4.70. The van der Waals surface area contributed by atoms with Crippen molar-refractivity contribution < 1.29 is 42.1 Å². The maximum absolute atomic E-state index is 14.1. The lowest BCUT2D eigenvalue weighted by molar-refractivity contribution is -0.137. The number of imide groups is 1. The molecular weight excluding hydrogens is 647 g/mol. The van der Waals surface area contributed by atoms with Crippen molar-refractivity contribution in [1.82, 2.24) is 4.57 Å². The van der Waals surface area contributed by atoms with Crippen molar-refractivity contribution in [1.29, 1.82) is 0 Å². The molecule has 1 fully saturated rings. The van der Waals surface area contributed by atoms with Gasteiger partial charge in [0, 0.05) is 16.5 Å². The number of ether oxygens (including phenoxy) is 2. The number of phenolic OH excluding ortho intramolecular Hbond substituents is 1. The molecule has 15 heteroatoms. The largest absolute Gasteiger partial charge is 0.508 e. The van der Waals surface area contributed by atoms with Crippen LogP contribution in [-0.2, 0) is 27.1 Å². The molecule has 10 nitrogen and oxygen atoms in total. The van der Waals surface area contributed by atoms with Crippen molar-refractivity contribution >= 4 is 52.2 Å². The number of anilines is 2. The predicted octanol–water partition coefficient (Wildman–Crippen LogP) is 5.09. The summed E-state index contributed by atoms with van der Waals surface area (Å²) in [7, 11) is 2.87. The highest BCUT2D eigenvalue weighted by molar-refractivity contribution is 8.00. The first-order chi connectivity index (χ1) is 21.9. The van der Waals surface area contributed by atoms with Crippen molar-refractivity contribution in [2.24, 2.45) is 5.92 Å². The molecule has 3 amide bonds. The number of halogens is 3. The van der Waals surface area contributed by atoms with E-state index in [-0.39, 0.29) is 11.4 Å². The molecule has 2 aliphatic heterocycles. The zero-order valence-corrected chi connectivity index (χ0v) is 25.7. The molecule has 46 heavy (non-hydrogen) atoms. The average molecular weight is 672 g/mol. The highest BCUT2D eigenvalue weighted by Gasteiger charge is 2.57. The molecule has 6 rings (SSSR count). The van der Waals surface area contributed by atoms with Crippen molar-refractivity contribution in [2.45, 2.75) is 28.9 Å². The van der Waals surface area contributed by atoms with Gasteiger partial charge in [-0.05, 0) is 60.2 Å². The predicted molar refractivity (Wildman–Crippen MR) is 164 cm³/mol. The molecule has 2 N–H and O–H groups in total. The molecule has 1 aromatic heterocycles. The van der Waals surface area contributed by atoms with Crippen LogP contribution in [0.5, 0.6) is 17.2 Å². The summed E-state index contributed by atoms with van der Waals surface area (Å²) in [5, 5.41) is 11.4. The molecule has 2 unspecified atom stereocenters. The number of hydrogen-bond acceptors (Lipinski definition) is 9. The van der Waals surface area contributed by atoms with Crippen LogP contribution in [0.4, 0.5) is 24.5 Å². The molecule has 3 atom stereocenters. The van der Waals surface area contributed by atoms with Crippen LogP contribution in [0.25, 0.3) is 0 Å². The molecular formula is C31H24F3N3O7S2. The number of phenols is 1. The SMILES string of the molecule is COc1ccc([C@H]2c3sc(=O)n(CC(=O)Nc4ccc(O)cc4)c3SC3C(=O)N(c4cccc(C(F)(F)F)c4)C(=O)C32)cc1OC. The average Bonchev–Trinajstić information content (AvgIpc) is 3.47. The molecule has 0 radical (unpaired) electrons. The molecule has 1 saturated heterocycles. The first-order valence-electron chi connectivity index (χ1n) is 13.7. The van der Waals surface area contributed by atoms with Crippen LogP contribution in [0.1, 0.15) is 21.9 Å². The van der Waals surface area contributed by atoms with E-state index in [1.165, 1.54) is 49.1 Å². The minimum absolute atomic E-state index is 0.00300. The second kappa shape index (κ2) is 11.9. The van der Waals surface area contributed by atoms with E-state index < -0.39 is 58.0 Å². The molecule has 0 spiro atoms. The molecule has 3 heterocycles. The van der Waals surface area contributed by atoms with Crippen LogP contribution in [-0.4, -0.2) is 46.9 Å². The van der Waals surface area contributed by atoms with Gasteiger partial charge in [0.1, 0.15) is 17.5 Å². The molecule has 4 aromatic rings. The lowest BCUT2D eigenvalue weighted by Crippen LogP contribution is -2.33. The number of aromatic nitrogens is 1. The van der Waals surface area contributed by atoms with Crippen LogP contribution in [0, 0.1) is 5.92 Å². The molecule has 238 valence electrons. The number of benzene rings is 3. The van der Waals surface area contributed by atoms with Crippen molar-refractivity contribution in [3.8, 4) is 17.2 Å². The van der Waals surface area contributed by atoms with Crippen molar-refractivity contribution in [3.63, 3.8) is 0 Å². The fourth-order valence-corrected chi connectivity index (χ4v) is 8.40. The number of nitrogens with zero attached hydrogens (tertiary/aromatic N) is 2. The Labute approximate surface area is 267 Å². The van der Waals surface area contributed by atoms with E-state index in [0.717, 1.165) is 46.2 Å². The van der Waals surface area contributed by atoms with Crippen LogP contribution >= 0.6 is 23.1 Å². The molecule has 0 bridgehead atoms. The Hall–Kier alpha value is -4.76. The van der Waals surface area contributed by atoms with E-state index in [1.54, 1.807) is 18.2 Å². The van der Waals surface area contributed by atoms with E-state index >= 15 is 0 Å². The maximum Gasteiger partial charge on any atom is 0.416 e. The first-order valence-corrected chi connectivity index (χ1v) is 15.4. The number of rotatable bonds is 7. The zero-order chi connectivity index (χ0) is 32.9. The minimum Gasteiger partial charge on any atom is -0.508 e. The van der Waals surface area contributed by atoms with Crippen molar-refractivity contribution in [3.05, 3.63) is 92.4 Å². The lowest BCUT2D eigenvalue weighted by Gasteiger charge is -2.31. The smallest absolute Gasteiger partial charge is 0.416 e. The second-order valence-corrected chi connectivity index (χ2v) is 12.6. The van der Waals surface area contributed by atoms with Crippen LogP contribution < -0.4 is 24.6 Å². The monoisotopic (exact) mass is 671 g/mol. The Kier molecular flexibility index (Phi) is 8.06. The van der Waals surface area contributed by atoms with Gasteiger partial charge in [0.05, 0.1) is 36.4 Å². The summed E-state index contributed by atoms with van der Waals surface area (Å²) in [6, 6.07) is 14.6. The summed E-state index contributed by atoms with van der Waals surface area (Å²) in [5.74, 6) is -3.27. The Bertz CT molecular complexity index is 1920. The summed E-state index contributed by atoms with van der Waals surface area (Å²) in [6.45, 7) is -0.423. The van der Waals surface area contributed by atoms with Crippen molar-refractivity contribution in [2.75, 3.05) is 24.4 Å². The summed E-state index contributed by atoms with van der Waals surface area (Å²) in [6.07, 6.45) is -4.70. The number of methoxy groups -OCH3 is 2. The Morgan fingerprint density at radius 2 is 1.67 bits per heavy atom. The standard InChI is InChI=1S/C31H24F3N3O7S2/c1-43-20-11-6-15(12-21(20)44-2)23-24-25(28(41)37(27(24)40)18-5-3-4-16(13-18)31(32,33)34)45-29-26(23)46-30(42)36(29)14-22(39)35-17-7-9-19(38)10-8-17/h3-13,23-25,38H,14H2,1-2H3,(H,35,39)/t23-,24?,25?/m1/s1. The third-order valence-corrected chi connectivity index (χ3v) is 10.3. The van der Waals surface area contributed by atoms with Gasteiger partial charge in [-0.1, -0.05) is 35.2 Å². The van der Waals surface area contributed by atoms with Gasteiger partial charge in [0.2, 0.25) is 17.7 Å². The summed E-state index contributed by atoms with van der Waals surface area (Å²) < 4.78 is 52.7. The number of aromatic hydroxyl groups is 1. The number of alkyl halides is 3. The van der Waals surface area contributed by atoms with E-state index in [1.807, 2.05) is 0 Å². The van der Waals surface area contributed by atoms with E-state index in [9.17, 15) is 37.5 Å². The summed E-state index contributed by atoms with van der Waals surface area (Å²) in [5.41, 5.74) is -0.357. The highest BCUT2D eigenvalue weighted by Crippen LogP contribution is 2.54. The number of thiazole rings is 1. The fraction of sp³-hybridized carbons (Fsp3) is 0.226. The summed E-state index contributed by atoms with van der Waals surface area (Å²) in [4.78, 5) is 55.0. The number of carbonyl (C=O) groups excluding carboxylic acids is 3. The van der Waals surface area contributed by atoms with Crippen LogP contribution in [0.15, 0.2) is 76.6 Å². The molecule has 0 aliphatic carbocycles. The second-order valence-electron chi connectivity index (χ2n) is 10.4. The number of thioether (sulfide) groups is 1. The third kappa shape index (κ3) is 5.49. The normalized spacial score (nSPS) is 19.1. The first kappa shape index (κ1) is 31.2. The van der Waals surface area contributed by atoms with Gasteiger partial charge in [0.15, 0.2) is 11.5 Å². The van der Waals surface area contributed by atoms with Gasteiger partial charge >= 0.3 is 11.0 Å². The number of amides is 3. The number of hydrogen-bond donors (Lipinski definition) is 2. The van der Waals surface area contributed by atoms with E-state index in [4.69, 9.17) is 9.47 Å². The van der Waals surface area contributed by atoms with E-state index in [2.05, 4.69) is 5.32 Å². The van der Waals surface area contributed by atoms with Gasteiger partial charge in [-0.3, -0.25) is 23.7 Å². The quantitative estimate of drug-likeness (QED) is 0.206. The fourth-order valence-electron chi connectivity index (χ4n) is 5.63. The number of carbonyl (C=O) groups is 3. The number of nitrogens with one attached hydrogen (secondary N) is 1. The third-order valence-electron chi connectivity index (χ3n) is 7.70. The Morgan fingerprint density at radius 1 is 0.957 bits per heavy atom. The lowest BCUT2D eigenvalue weighted by atomic mass is 9.83. The van der Waals surface area contributed by atoms with Gasteiger partial charge in [0.25, 0.3) is 0 Å². The molecule has 0 saturated carbocycles. The zero-order valence-electron chi connectivity index (χ0n) is 24.0. The molecule has 2 aliphatic rings. The molecule has 3 aromatic carbocycles. The summed E-state index contributed by atoms with van der Waals surface area (Å²) >= 11 is 1.75. The van der Waals surface area contributed by atoms with Gasteiger partial charge in [-0.25, -0.2) is 4.90 Å². The highest BCUT2D eigenvalue weighted by atomic mass is 32.2. The van der Waals surface area contributed by atoms with Crippen LogP contribution in [0.2, 0.25) is 0 Å².